The SMILES string of the molecule is C=C(CC)/C(=C/C(CCCC)CCCC)Cc1cccc(C)c1.CC.CC.O. The van der Waals surface area contributed by atoms with Crippen LogP contribution in [0, 0.1) is 12.8 Å². The molecule has 0 fully saturated rings. The third-order valence-corrected chi connectivity index (χ3v) is 4.65. The van der Waals surface area contributed by atoms with E-state index in [-0.39, 0.29) is 5.48 Å². The Kier molecular flexibility index (Phi) is 24.6. The van der Waals surface area contributed by atoms with Crippen molar-refractivity contribution in [2.75, 3.05) is 0 Å². The minimum atomic E-state index is 0. The number of benzene rings is 1. The molecule has 28 heavy (non-hydrogen) atoms. The number of allylic oxidation sites excluding steroid dienone is 3. The first-order valence-electron chi connectivity index (χ1n) is 11.5. The molecule has 0 bridgehead atoms. The highest BCUT2D eigenvalue weighted by molar-refractivity contribution is 5.35. The van der Waals surface area contributed by atoms with Crippen LogP contribution in [-0.4, -0.2) is 5.48 Å². The fraction of sp³-hybridized carbons (Fsp3) is 0.630. The van der Waals surface area contributed by atoms with E-state index in [2.05, 4.69) is 64.6 Å². The van der Waals surface area contributed by atoms with Crippen LogP contribution in [0.25, 0.3) is 0 Å². The van der Waals surface area contributed by atoms with E-state index in [0.717, 1.165) is 18.8 Å². The van der Waals surface area contributed by atoms with E-state index in [1.54, 1.807) is 0 Å². The molecule has 0 radical (unpaired) electrons. The second-order valence-electron chi connectivity index (χ2n) is 6.86. The normalized spacial score (nSPS) is 10.2. The predicted octanol–water partition coefficient (Wildman–Crippen LogP) is 8.65. The van der Waals surface area contributed by atoms with Gasteiger partial charge in [0.25, 0.3) is 0 Å². The van der Waals surface area contributed by atoms with Crippen molar-refractivity contribution in [1.82, 2.24) is 0 Å². The highest BCUT2D eigenvalue weighted by Crippen LogP contribution is 2.25. The average Bonchev–Trinajstić information content (AvgIpc) is 2.71. The highest BCUT2D eigenvalue weighted by Gasteiger charge is 2.10. The lowest BCUT2D eigenvalue weighted by atomic mass is 9.89. The van der Waals surface area contributed by atoms with Crippen molar-refractivity contribution >= 4 is 0 Å². The lowest BCUT2D eigenvalue weighted by Crippen LogP contribution is -2.02. The van der Waals surface area contributed by atoms with E-state index < -0.39 is 0 Å². The van der Waals surface area contributed by atoms with E-state index in [9.17, 15) is 0 Å². The zero-order chi connectivity index (χ0) is 21.1. The van der Waals surface area contributed by atoms with E-state index >= 15 is 0 Å². The van der Waals surface area contributed by atoms with Crippen molar-refractivity contribution < 1.29 is 5.48 Å². The molecule has 0 aliphatic carbocycles. The van der Waals surface area contributed by atoms with Gasteiger partial charge in [0.05, 0.1) is 0 Å². The van der Waals surface area contributed by atoms with Gasteiger partial charge >= 0.3 is 0 Å². The Bertz CT molecular complexity index is 491. The molecule has 0 heterocycles. The molecule has 0 spiro atoms. The molecule has 0 aromatic heterocycles. The Morgan fingerprint density at radius 3 is 1.93 bits per heavy atom. The monoisotopic (exact) mass is 390 g/mol. The first-order chi connectivity index (χ1) is 13.1. The van der Waals surface area contributed by atoms with Gasteiger partial charge in [-0.15, -0.1) is 0 Å². The van der Waals surface area contributed by atoms with Crippen LogP contribution in [0.4, 0.5) is 0 Å². The first-order valence-corrected chi connectivity index (χ1v) is 11.5. The van der Waals surface area contributed by atoms with E-state index in [1.165, 1.54) is 60.8 Å². The van der Waals surface area contributed by atoms with Gasteiger partial charge in [-0.1, -0.05) is 122 Å². The maximum Gasteiger partial charge on any atom is -0.00262 e. The quantitative estimate of drug-likeness (QED) is 0.338. The molecule has 2 N–H and O–H groups in total. The van der Waals surface area contributed by atoms with Gasteiger partial charge < -0.3 is 5.48 Å². The maximum absolute atomic E-state index is 4.34. The number of aryl methyl sites for hydroxylation is 1. The van der Waals surface area contributed by atoms with Gasteiger partial charge in [0, 0.05) is 0 Å². The zero-order valence-corrected chi connectivity index (χ0v) is 20.3. The predicted molar refractivity (Wildman–Crippen MR) is 131 cm³/mol. The van der Waals surface area contributed by atoms with Crippen LogP contribution in [0.5, 0.6) is 0 Å². The van der Waals surface area contributed by atoms with E-state index in [4.69, 9.17) is 0 Å². The second kappa shape index (κ2) is 22.0. The molecule has 0 saturated heterocycles. The van der Waals surface area contributed by atoms with E-state index in [1.807, 2.05) is 27.7 Å². The third kappa shape index (κ3) is 14.7. The lowest BCUT2D eigenvalue weighted by molar-refractivity contribution is 0.494. The molecule has 0 aliphatic heterocycles. The van der Waals surface area contributed by atoms with Crippen LogP contribution in [0.15, 0.2) is 48.1 Å². The molecule has 0 aliphatic rings. The molecule has 0 amide bonds. The molecule has 0 atom stereocenters. The zero-order valence-electron chi connectivity index (χ0n) is 20.3. The Balaban J connectivity index is -0.00000117. The molecule has 0 unspecified atom stereocenters. The summed E-state index contributed by atoms with van der Waals surface area (Å²) in [6.45, 7) is 21.3. The topological polar surface area (TPSA) is 31.5 Å². The summed E-state index contributed by atoms with van der Waals surface area (Å²) in [4.78, 5) is 0. The maximum atomic E-state index is 4.34. The molecule has 1 aromatic rings. The summed E-state index contributed by atoms with van der Waals surface area (Å²) < 4.78 is 0. The molecule has 1 nitrogen and oxygen atoms in total. The Hall–Kier alpha value is -1.34. The minimum absolute atomic E-state index is 0. The fourth-order valence-electron chi connectivity index (χ4n) is 3.10. The standard InChI is InChI=1S/C23H36.2C2H6.H2O/c1-6-9-13-21(14-10-7-2)17-23(20(5)8-3)18-22-15-11-12-19(4)16-22;2*1-2;/h11-12,15-17,21H,5-10,13-14,18H2,1-4H3;2*1-2H3;1H2/b23-17+;;;. The first kappa shape index (κ1) is 31.4. The van der Waals surface area contributed by atoms with Crippen molar-refractivity contribution in [3.8, 4) is 0 Å². The summed E-state index contributed by atoms with van der Waals surface area (Å²) in [7, 11) is 0. The lowest BCUT2D eigenvalue weighted by Gasteiger charge is -2.17. The molecular weight excluding hydrogens is 340 g/mol. The third-order valence-electron chi connectivity index (χ3n) is 4.65. The number of rotatable bonds is 11. The smallest absolute Gasteiger partial charge is 0.00262 e. The summed E-state index contributed by atoms with van der Waals surface area (Å²) in [6, 6.07) is 8.90. The number of hydrogen-bond acceptors (Lipinski definition) is 0. The van der Waals surface area contributed by atoms with Gasteiger partial charge in [0.2, 0.25) is 0 Å². The van der Waals surface area contributed by atoms with Crippen LogP contribution in [0.1, 0.15) is 105 Å². The van der Waals surface area contributed by atoms with Crippen LogP contribution in [0.3, 0.4) is 0 Å². The molecule has 1 rings (SSSR count). The van der Waals surface area contributed by atoms with Gasteiger partial charge in [-0.25, -0.2) is 0 Å². The van der Waals surface area contributed by atoms with Crippen molar-refractivity contribution in [2.45, 2.75) is 107 Å². The van der Waals surface area contributed by atoms with Gasteiger partial charge in [-0.05, 0) is 49.7 Å². The molecule has 1 aromatic carbocycles. The van der Waals surface area contributed by atoms with Crippen molar-refractivity contribution in [1.29, 1.82) is 0 Å². The van der Waals surface area contributed by atoms with Gasteiger partial charge in [0.1, 0.15) is 0 Å². The summed E-state index contributed by atoms with van der Waals surface area (Å²) >= 11 is 0. The Morgan fingerprint density at radius 2 is 1.50 bits per heavy atom. The molecule has 164 valence electrons. The van der Waals surface area contributed by atoms with Gasteiger partial charge in [0.15, 0.2) is 0 Å². The summed E-state index contributed by atoms with van der Waals surface area (Å²) in [5, 5.41) is 0. The van der Waals surface area contributed by atoms with Crippen LogP contribution >= 0.6 is 0 Å². The fourth-order valence-corrected chi connectivity index (χ4v) is 3.10. The van der Waals surface area contributed by atoms with Crippen LogP contribution in [-0.2, 0) is 6.42 Å². The highest BCUT2D eigenvalue weighted by atomic mass is 16.0. The van der Waals surface area contributed by atoms with Crippen LogP contribution in [0.2, 0.25) is 0 Å². The Morgan fingerprint density at radius 1 is 0.964 bits per heavy atom. The summed E-state index contributed by atoms with van der Waals surface area (Å²) in [6.07, 6.45) is 12.5. The summed E-state index contributed by atoms with van der Waals surface area (Å²) in [5.74, 6) is 0.720. The molecule has 0 saturated carbocycles. The van der Waals surface area contributed by atoms with Crippen molar-refractivity contribution in [3.63, 3.8) is 0 Å². The number of hydrogen-bond donors (Lipinski definition) is 0. The van der Waals surface area contributed by atoms with Crippen molar-refractivity contribution in [3.05, 3.63) is 59.2 Å². The molecular formula is C27H50O. The van der Waals surface area contributed by atoms with Crippen molar-refractivity contribution in [2.24, 2.45) is 5.92 Å². The molecule has 1 heteroatoms. The second-order valence-corrected chi connectivity index (χ2v) is 6.86. The van der Waals surface area contributed by atoms with Gasteiger partial charge in [-0.3, -0.25) is 0 Å². The largest absolute Gasteiger partial charge is 0.412 e. The Labute approximate surface area is 177 Å². The van der Waals surface area contributed by atoms with Crippen LogP contribution < -0.4 is 0 Å². The summed E-state index contributed by atoms with van der Waals surface area (Å²) in [5.41, 5.74) is 5.54. The van der Waals surface area contributed by atoms with E-state index in [0.29, 0.717) is 0 Å². The van der Waals surface area contributed by atoms with Gasteiger partial charge in [-0.2, -0.15) is 0 Å². The number of unbranched alkanes of at least 4 members (excludes halogenated alkanes) is 2. The average molecular weight is 391 g/mol. The minimum Gasteiger partial charge on any atom is -0.412 e.